The summed E-state index contributed by atoms with van der Waals surface area (Å²) < 4.78 is 31.8. The molecular weight excluding hydrogens is 424 g/mol. The van der Waals surface area contributed by atoms with E-state index in [-0.39, 0.29) is 29.6 Å². The van der Waals surface area contributed by atoms with Gasteiger partial charge in [-0.2, -0.15) is 0 Å². The van der Waals surface area contributed by atoms with Crippen molar-refractivity contribution in [1.29, 1.82) is 0 Å². The van der Waals surface area contributed by atoms with Crippen LogP contribution in [-0.4, -0.2) is 62.4 Å². The summed E-state index contributed by atoms with van der Waals surface area (Å²) in [6, 6.07) is 6.91. The summed E-state index contributed by atoms with van der Waals surface area (Å²) in [5.74, 6) is -1.10. The van der Waals surface area contributed by atoms with Crippen LogP contribution in [0, 0.1) is 0 Å². The molecule has 4 rings (SSSR count). The Morgan fingerprint density at radius 3 is 2.81 bits per heavy atom. The first-order valence-electron chi connectivity index (χ1n) is 9.67. The molecule has 0 radical (unpaired) electrons. The summed E-state index contributed by atoms with van der Waals surface area (Å²) in [7, 11) is -3.48. The van der Waals surface area contributed by atoms with E-state index in [9.17, 15) is 22.8 Å². The molecule has 3 heterocycles. The molecule has 0 atom stereocenters. The molecule has 0 spiro atoms. The molecule has 1 saturated heterocycles. The van der Waals surface area contributed by atoms with Crippen LogP contribution in [0.2, 0.25) is 0 Å². The van der Waals surface area contributed by atoms with E-state index in [0.717, 1.165) is 6.42 Å². The summed E-state index contributed by atoms with van der Waals surface area (Å²) >= 11 is 0. The summed E-state index contributed by atoms with van der Waals surface area (Å²) in [6.45, 7) is 0.330. The molecule has 1 N–H and O–H groups in total. The Bertz CT molecular complexity index is 1140. The molecular formula is C20H20N4O6S. The molecule has 0 unspecified atom stereocenters. The molecule has 3 aliphatic rings. The fourth-order valence-corrected chi connectivity index (χ4v) is 4.38. The fourth-order valence-electron chi connectivity index (χ4n) is 3.41. The summed E-state index contributed by atoms with van der Waals surface area (Å²) in [5, 5.41) is 2.65. The second-order valence-electron chi connectivity index (χ2n) is 7.17. The Hall–Kier alpha value is -3.47. The van der Waals surface area contributed by atoms with Crippen LogP contribution in [0.1, 0.15) is 12.8 Å². The lowest BCUT2D eigenvalue weighted by Gasteiger charge is -2.26. The minimum absolute atomic E-state index is 0.0470. The number of hydrogen-bond donors (Lipinski definition) is 1. The molecule has 0 saturated carbocycles. The summed E-state index contributed by atoms with van der Waals surface area (Å²) in [4.78, 5) is 39.6. The molecule has 0 aromatic heterocycles. The molecule has 31 heavy (non-hydrogen) atoms. The number of amides is 2. The van der Waals surface area contributed by atoms with E-state index >= 15 is 0 Å². The van der Waals surface area contributed by atoms with Crippen molar-refractivity contribution in [2.45, 2.75) is 12.8 Å². The lowest BCUT2D eigenvalue weighted by Crippen LogP contribution is -2.37. The highest BCUT2D eigenvalue weighted by Gasteiger charge is 2.26. The number of hydrogen-bond acceptors (Lipinski definition) is 7. The third kappa shape index (κ3) is 4.82. The molecule has 162 valence electrons. The molecule has 10 nitrogen and oxygen atoms in total. The Kier molecular flexibility index (Phi) is 5.59. The lowest BCUT2D eigenvalue weighted by atomic mass is 10.2. The van der Waals surface area contributed by atoms with Crippen molar-refractivity contribution in [3.8, 4) is 0 Å². The van der Waals surface area contributed by atoms with Gasteiger partial charge in [0.2, 0.25) is 5.91 Å². The highest BCUT2D eigenvalue weighted by molar-refractivity contribution is 7.90. The molecule has 1 fully saturated rings. The predicted molar refractivity (Wildman–Crippen MR) is 113 cm³/mol. The van der Waals surface area contributed by atoms with E-state index in [1.807, 2.05) is 0 Å². The molecule has 0 bridgehead atoms. The Morgan fingerprint density at radius 1 is 1.19 bits per heavy atom. The van der Waals surface area contributed by atoms with Crippen LogP contribution >= 0.6 is 0 Å². The number of rotatable bonds is 5. The van der Waals surface area contributed by atoms with Gasteiger partial charge in [-0.1, -0.05) is 6.07 Å². The molecule has 1 aromatic rings. The highest BCUT2D eigenvalue weighted by Crippen LogP contribution is 2.24. The van der Waals surface area contributed by atoms with Crippen LogP contribution in [0.25, 0.3) is 0 Å². The van der Waals surface area contributed by atoms with Crippen molar-refractivity contribution in [2.75, 3.05) is 35.7 Å². The van der Waals surface area contributed by atoms with E-state index < -0.39 is 28.5 Å². The van der Waals surface area contributed by atoms with E-state index in [0.29, 0.717) is 24.3 Å². The van der Waals surface area contributed by atoms with E-state index in [1.54, 1.807) is 34.1 Å². The van der Waals surface area contributed by atoms with Gasteiger partial charge in [0.25, 0.3) is 15.9 Å². The number of carbonyl (C=O) groups excluding carboxylic acids is 3. The van der Waals surface area contributed by atoms with Crippen molar-refractivity contribution in [1.82, 2.24) is 4.90 Å². The van der Waals surface area contributed by atoms with Gasteiger partial charge < -0.3 is 19.9 Å². The van der Waals surface area contributed by atoms with Gasteiger partial charge in [-0.3, -0.25) is 9.59 Å². The molecule has 2 amide bonds. The zero-order valence-corrected chi connectivity index (χ0v) is 17.3. The number of fused-ring (bicyclic) bond motifs is 1. The number of nitrogens with one attached hydrogen (secondary N) is 1. The van der Waals surface area contributed by atoms with Crippen molar-refractivity contribution in [2.24, 2.45) is 4.40 Å². The molecule has 11 heteroatoms. The average Bonchev–Trinajstić information content (AvgIpc) is 3.17. The number of anilines is 2. The maximum absolute atomic E-state index is 12.3. The smallest absolute Gasteiger partial charge is 0.340 e. The van der Waals surface area contributed by atoms with Gasteiger partial charge in [0.1, 0.15) is 5.84 Å². The van der Waals surface area contributed by atoms with E-state index in [1.165, 1.54) is 18.4 Å². The van der Waals surface area contributed by atoms with Crippen LogP contribution in [-0.2, 0) is 29.1 Å². The minimum Gasteiger partial charge on any atom is -0.452 e. The van der Waals surface area contributed by atoms with Crippen LogP contribution < -0.4 is 10.2 Å². The third-order valence-corrected chi connectivity index (χ3v) is 6.07. The van der Waals surface area contributed by atoms with Gasteiger partial charge in [-0.05, 0) is 36.8 Å². The Morgan fingerprint density at radius 2 is 2.03 bits per heavy atom. The maximum Gasteiger partial charge on any atom is 0.340 e. The van der Waals surface area contributed by atoms with Crippen molar-refractivity contribution < 1.29 is 27.5 Å². The fraction of sp³-hybridized carbons (Fsp3) is 0.300. The number of amidine groups is 1. The average molecular weight is 444 g/mol. The standard InChI is InChI=1S/C20H20N4O6S/c25-18(21-15-3-1-4-16(11-15)24-8-2-5-19(24)26)13-30-20(27)14-6-7-17-22-31(28,29)10-9-23(17)12-14/h1,3-4,6-7,11-12H,2,5,8-10,13H2,(H,21,25). The lowest BCUT2D eigenvalue weighted by molar-refractivity contribution is -0.143. The number of ether oxygens (including phenoxy) is 1. The quantitative estimate of drug-likeness (QED) is 0.666. The molecule has 0 aliphatic carbocycles. The zero-order valence-electron chi connectivity index (χ0n) is 16.5. The van der Waals surface area contributed by atoms with Gasteiger partial charge in [-0.15, -0.1) is 4.40 Å². The largest absolute Gasteiger partial charge is 0.452 e. The van der Waals surface area contributed by atoms with Crippen LogP contribution in [0.15, 0.2) is 52.6 Å². The van der Waals surface area contributed by atoms with E-state index in [4.69, 9.17) is 4.74 Å². The SMILES string of the molecule is O=C(COC(=O)C1=CN2CCS(=O)(=O)N=C2C=C1)Nc1cccc(N2CCCC2=O)c1. The second kappa shape index (κ2) is 8.34. The molecule has 1 aromatic carbocycles. The highest BCUT2D eigenvalue weighted by atomic mass is 32.2. The topological polar surface area (TPSA) is 125 Å². The number of esters is 1. The second-order valence-corrected chi connectivity index (χ2v) is 8.92. The van der Waals surface area contributed by atoms with Crippen LogP contribution in [0.3, 0.4) is 0 Å². The van der Waals surface area contributed by atoms with Gasteiger partial charge in [0.15, 0.2) is 6.61 Å². The van der Waals surface area contributed by atoms with Gasteiger partial charge in [-0.25, -0.2) is 13.2 Å². The van der Waals surface area contributed by atoms with Crippen LogP contribution in [0.4, 0.5) is 11.4 Å². The van der Waals surface area contributed by atoms with Gasteiger partial charge >= 0.3 is 5.97 Å². The molecule has 3 aliphatic heterocycles. The normalized spacial score (nSPS) is 19.4. The number of sulfonamides is 1. The first-order valence-corrected chi connectivity index (χ1v) is 11.3. The first-order chi connectivity index (χ1) is 14.8. The number of carbonyl (C=O) groups is 3. The number of benzene rings is 1. The monoisotopic (exact) mass is 444 g/mol. The van der Waals surface area contributed by atoms with Crippen molar-refractivity contribution in [3.63, 3.8) is 0 Å². The predicted octanol–water partition coefficient (Wildman–Crippen LogP) is 0.793. The zero-order chi connectivity index (χ0) is 22.0. The third-order valence-electron chi connectivity index (χ3n) is 4.91. The Labute approximate surface area is 178 Å². The maximum atomic E-state index is 12.3. The van der Waals surface area contributed by atoms with Gasteiger partial charge in [0.05, 0.1) is 11.3 Å². The minimum atomic E-state index is -3.48. The van der Waals surface area contributed by atoms with E-state index in [2.05, 4.69) is 9.71 Å². The van der Waals surface area contributed by atoms with Crippen molar-refractivity contribution in [3.05, 3.63) is 48.2 Å². The first kappa shape index (κ1) is 20.8. The van der Waals surface area contributed by atoms with Crippen molar-refractivity contribution >= 4 is 45.0 Å². The Balaban J connectivity index is 1.32. The van der Waals surface area contributed by atoms with Crippen LogP contribution in [0.5, 0.6) is 0 Å². The summed E-state index contributed by atoms with van der Waals surface area (Å²) in [5.41, 5.74) is 1.38. The number of nitrogens with zero attached hydrogens (tertiary/aromatic N) is 3. The van der Waals surface area contributed by atoms with Gasteiger partial charge in [0, 0.05) is 37.1 Å². The summed E-state index contributed by atoms with van der Waals surface area (Å²) in [6.07, 6.45) is 5.57.